The first kappa shape index (κ1) is 17.7. The van der Waals surface area contributed by atoms with Crippen molar-refractivity contribution in [3.05, 3.63) is 53.8 Å². The summed E-state index contributed by atoms with van der Waals surface area (Å²) in [6.45, 7) is 2.25. The molecule has 0 radical (unpaired) electrons. The standard InChI is InChI=1S/C19H19FN2O4/c1-13(23)22(16-6-7-17-18(11-16)26-12-25-17)9-8-21-19(24)10-14-2-4-15(20)5-3-14/h2-7,11H,8-10,12H2,1H3,(H,21,24). The lowest BCUT2D eigenvalue weighted by molar-refractivity contribution is -0.121. The second kappa shape index (κ2) is 7.86. The Morgan fingerprint density at radius 1 is 1.12 bits per heavy atom. The molecule has 2 aromatic carbocycles. The fourth-order valence-corrected chi connectivity index (χ4v) is 2.68. The highest BCUT2D eigenvalue weighted by Crippen LogP contribution is 2.35. The van der Waals surface area contributed by atoms with Crippen molar-refractivity contribution in [1.82, 2.24) is 5.32 Å². The van der Waals surface area contributed by atoms with E-state index < -0.39 is 0 Å². The molecule has 26 heavy (non-hydrogen) atoms. The van der Waals surface area contributed by atoms with E-state index in [4.69, 9.17) is 9.47 Å². The van der Waals surface area contributed by atoms with E-state index in [0.717, 1.165) is 5.56 Å². The molecule has 2 amide bonds. The lowest BCUT2D eigenvalue weighted by Gasteiger charge is -2.21. The molecule has 1 aliphatic heterocycles. The van der Waals surface area contributed by atoms with Crippen LogP contribution in [-0.2, 0) is 16.0 Å². The predicted octanol–water partition coefficient (Wildman–Crippen LogP) is 2.27. The van der Waals surface area contributed by atoms with Crippen molar-refractivity contribution in [3.63, 3.8) is 0 Å². The monoisotopic (exact) mass is 358 g/mol. The quantitative estimate of drug-likeness (QED) is 0.860. The van der Waals surface area contributed by atoms with Gasteiger partial charge in [-0.25, -0.2) is 4.39 Å². The van der Waals surface area contributed by atoms with Crippen LogP contribution >= 0.6 is 0 Å². The van der Waals surface area contributed by atoms with E-state index in [0.29, 0.717) is 30.3 Å². The van der Waals surface area contributed by atoms with Gasteiger partial charge in [-0.2, -0.15) is 0 Å². The molecule has 0 atom stereocenters. The first-order valence-electron chi connectivity index (χ1n) is 8.22. The first-order valence-corrected chi connectivity index (χ1v) is 8.22. The summed E-state index contributed by atoms with van der Waals surface area (Å²) in [5.41, 5.74) is 1.40. The molecule has 0 saturated heterocycles. The Bertz CT molecular complexity index is 808. The van der Waals surface area contributed by atoms with Gasteiger partial charge in [0.2, 0.25) is 18.6 Å². The Morgan fingerprint density at radius 2 is 1.85 bits per heavy atom. The highest BCUT2D eigenvalue weighted by Gasteiger charge is 2.18. The van der Waals surface area contributed by atoms with Crippen LogP contribution in [0, 0.1) is 5.82 Å². The Labute approximate surface area is 150 Å². The van der Waals surface area contributed by atoms with Gasteiger partial charge in [-0.05, 0) is 29.8 Å². The number of ether oxygens (including phenoxy) is 2. The number of amides is 2. The SMILES string of the molecule is CC(=O)N(CCNC(=O)Cc1ccc(F)cc1)c1ccc2c(c1)OCO2. The van der Waals surface area contributed by atoms with Crippen molar-refractivity contribution in [2.75, 3.05) is 24.8 Å². The van der Waals surface area contributed by atoms with Crippen LogP contribution in [0.15, 0.2) is 42.5 Å². The minimum atomic E-state index is -0.338. The number of fused-ring (bicyclic) bond motifs is 1. The van der Waals surface area contributed by atoms with Crippen molar-refractivity contribution in [1.29, 1.82) is 0 Å². The summed E-state index contributed by atoms with van der Waals surface area (Å²) >= 11 is 0. The molecular formula is C19H19FN2O4. The van der Waals surface area contributed by atoms with Gasteiger partial charge in [0.15, 0.2) is 11.5 Å². The van der Waals surface area contributed by atoms with Crippen LogP contribution in [-0.4, -0.2) is 31.7 Å². The number of hydrogen-bond donors (Lipinski definition) is 1. The summed E-state index contributed by atoms with van der Waals surface area (Å²) in [7, 11) is 0. The van der Waals surface area contributed by atoms with E-state index in [-0.39, 0.29) is 30.8 Å². The molecule has 136 valence electrons. The van der Waals surface area contributed by atoms with Gasteiger partial charge in [0.25, 0.3) is 0 Å². The van der Waals surface area contributed by atoms with E-state index in [2.05, 4.69) is 5.32 Å². The normalized spacial score (nSPS) is 11.9. The third-order valence-corrected chi connectivity index (χ3v) is 3.98. The third-order valence-electron chi connectivity index (χ3n) is 3.98. The maximum Gasteiger partial charge on any atom is 0.231 e. The number of anilines is 1. The molecule has 1 N–H and O–H groups in total. The van der Waals surface area contributed by atoms with Crippen LogP contribution in [0.1, 0.15) is 12.5 Å². The van der Waals surface area contributed by atoms with Crippen LogP contribution in [0.2, 0.25) is 0 Å². The van der Waals surface area contributed by atoms with E-state index >= 15 is 0 Å². The van der Waals surface area contributed by atoms with Crippen molar-refractivity contribution in [2.45, 2.75) is 13.3 Å². The summed E-state index contributed by atoms with van der Waals surface area (Å²) in [6, 6.07) is 11.0. The molecule has 1 heterocycles. The number of carbonyl (C=O) groups excluding carboxylic acids is 2. The predicted molar refractivity (Wildman–Crippen MR) is 93.7 cm³/mol. The molecule has 0 bridgehead atoms. The third kappa shape index (κ3) is 4.30. The molecule has 3 rings (SSSR count). The lowest BCUT2D eigenvalue weighted by Crippen LogP contribution is -2.38. The fraction of sp³-hybridized carbons (Fsp3) is 0.263. The van der Waals surface area contributed by atoms with Gasteiger partial charge in [0, 0.05) is 31.8 Å². The zero-order valence-electron chi connectivity index (χ0n) is 14.3. The number of nitrogens with one attached hydrogen (secondary N) is 1. The summed E-state index contributed by atoms with van der Waals surface area (Å²) in [4.78, 5) is 25.5. The largest absolute Gasteiger partial charge is 0.454 e. The molecule has 0 unspecified atom stereocenters. The van der Waals surface area contributed by atoms with Gasteiger partial charge < -0.3 is 19.7 Å². The van der Waals surface area contributed by atoms with E-state index in [1.807, 2.05) is 0 Å². The highest BCUT2D eigenvalue weighted by atomic mass is 19.1. The Kier molecular flexibility index (Phi) is 5.36. The van der Waals surface area contributed by atoms with Crippen LogP contribution in [0.25, 0.3) is 0 Å². The maximum absolute atomic E-state index is 12.9. The number of carbonyl (C=O) groups is 2. The van der Waals surface area contributed by atoms with E-state index in [1.165, 1.54) is 19.1 Å². The van der Waals surface area contributed by atoms with Gasteiger partial charge in [0.05, 0.1) is 6.42 Å². The van der Waals surface area contributed by atoms with Gasteiger partial charge in [-0.1, -0.05) is 12.1 Å². The molecule has 0 fully saturated rings. The number of rotatable bonds is 6. The summed E-state index contributed by atoms with van der Waals surface area (Å²) < 4.78 is 23.5. The van der Waals surface area contributed by atoms with E-state index in [9.17, 15) is 14.0 Å². The molecule has 7 heteroatoms. The number of hydrogen-bond acceptors (Lipinski definition) is 4. The molecular weight excluding hydrogens is 339 g/mol. The minimum Gasteiger partial charge on any atom is -0.454 e. The average molecular weight is 358 g/mol. The smallest absolute Gasteiger partial charge is 0.231 e. The van der Waals surface area contributed by atoms with Crippen LogP contribution in [0.5, 0.6) is 11.5 Å². The average Bonchev–Trinajstić information content (AvgIpc) is 3.08. The molecule has 0 aromatic heterocycles. The van der Waals surface area contributed by atoms with Crippen molar-refractivity contribution in [2.24, 2.45) is 0 Å². The second-order valence-corrected chi connectivity index (χ2v) is 5.86. The zero-order chi connectivity index (χ0) is 18.5. The van der Waals surface area contributed by atoms with Crippen molar-refractivity contribution < 1.29 is 23.5 Å². The van der Waals surface area contributed by atoms with E-state index in [1.54, 1.807) is 35.2 Å². The summed E-state index contributed by atoms with van der Waals surface area (Å²) in [5.74, 6) is 0.566. The molecule has 0 spiro atoms. The summed E-state index contributed by atoms with van der Waals surface area (Å²) in [5, 5.41) is 2.77. The number of nitrogens with zero attached hydrogens (tertiary/aromatic N) is 1. The molecule has 6 nitrogen and oxygen atoms in total. The Morgan fingerprint density at radius 3 is 2.58 bits per heavy atom. The van der Waals surface area contributed by atoms with Crippen molar-refractivity contribution >= 4 is 17.5 Å². The van der Waals surface area contributed by atoms with Crippen LogP contribution in [0.4, 0.5) is 10.1 Å². The molecule has 1 aliphatic rings. The number of halogens is 1. The number of benzene rings is 2. The van der Waals surface area contributed by atoms with Gasteiger partial charge >= 0.3 is 0 Å². The van der Waals surface area contributed by atoms with Crippen LogP contribution < -0.4 is 19.7 Å². The Balaban J connectivity index is 1.55. The zero-order valence-corrected chi connectivity index (χ0v) is 14.3. The molecule has 0 aliphatic carbocycles. The second-order valence-electron chi connectivity index (χ2n) is 5.86. The summed E-state index contributed by atoms with van der Waals surface area (Å²) in [6.07, 6.45) is 0.157. The topological polar surface area (TPSA) is 67.9 Å². The minimum absolute atomic E-state index is 0.142. The van der Waals surface area contributed by atoms with Crippen molar-refractivity contribution in [3.8, 4) is 11.5 Å². The maximum atomic E-state index is 12.9. The molecule has 2 aromatic rings. The Hall–Kier alpha value is -3.09. The van der Waals surface area contributed by atoms with Gasteiger partial charge in [-0.3, -0.25) is 9.59 Å². The highest BCUT2D eigenvalue weighted by molar-refractivity contribution is 5.92. The van der Waals surface area contributed by atoms with Gasteiger partial charge in [-0.15, -0.1) is 0 Å². The fourth-order valence-electron chi connectivity index (χ4n) is 2.68. The lowest BCUT2D eigenvalue weighted by atomic mass is 10.1. The van der Waals surface area contributed by atoms with Crippen LogP contribution in [0.3, 0.4) is 0 Å². The molecule has 0 saturated carbocycles. The first-order chi connectivity index (χ1) is 12.5. The van der Waals surface area contributed by atoms with Gasteiger partial charge in [0.1, 0.15) is 5.82 Å².